The number of nitrogens with zero attached hydrogens (tertiary/aromatic N) is 3. The van der Waals surface area contributed by atoms with Crippen LogP contribution < -0.4 is 20.9 Å². The van der Waals surface area contributed by atoms with E-state index < -0.39 is 0 Å². The highest BCUT2D eigenvalue weighted by Crippen LogP contribution is 2.29. The fourth-order valence-corrected chi connectivity index (χ4v) is 5.18. The van der Waals surface area contributed by atoms with E-state index in [1.165, 1.54) is 29.7 Å². The minimum Gasteiger partial charge on any atom is -0.362 e. The fourth-order valence-electron chi connectivity index (χ4n) is 4.78. The first-order valence-corrected chi connectivity index (χ1v) is 12.9. The lowest BCUT2D eigenvalue weighted by Crippen LogP contribution is -2.45. The lowest BCUT2D eigenvalue weighted by atomic mass is 9.91. The molecule has 0 spiro atoms. The molecule has 1 heterocycles. The standard InChI is InChI=1S/C25H35ClN6S/c1-32(2)23-21-5-3-4-6-22(21)30-24(31-23)28-19-11-13-20(14-12-19)29-25(33)27-16-15-17-7-9-18(26)10-8-17/h7-10,19-20H,3-6,11-16H2,1-2H3,(H2,27,29,33)(H,28,30,31). The van der Waals surface area contributed by atoms with Gasteiger partial charge in [0, 0.05) is 43.3 Å². The number of thiocarbonyl (C=S) groups is 1. The Bertz CT molecular complexity index is 941. The van der Waals surface area contributed by atoms with Gasteiger partial charge in [-0.2, -0.15) is 4.98 Å². The minimum absolute atomic E-state index is 0.408. The molecule has 178 valence electrons. The Kier molecular flexibility index (Phi) is 8.25. The zero-order valence-electron chi connectivity index (χ0n) is 19.7. The SMILES string of the molecule is CN(C)c1nc(NC2CCC(NC(=S)NCCc3ccc(Cl)cc3)CC2)nc2c1CCCC2. The van der Waals surface area contributed by atoms with Gasteiger partial charge in [-0.1, -0.05) is 23.7 Å². The molecule has 2 aromatic rings. The number of halogens is 1. The molecular weight excluding hydrogens is 452 g/mol. The number of aryl methyl sites for hydroxylation is 1. The van der Waals surface area contributed by atoms with Gasteiger partial charge in [-0.15, -0.1) is 0 Å². The molecule has 8 heteroatoms. The predicted molar refractivity (Wildman–Crippen MR) is 142 cm³/mol. The summed E-state index contributed by atoms with van der Waals surface area (Å²) in [5.41, 5.74) is 3.82. The van der Waals surface area contributed by atoms with Crippen LogP contribution in [0.5, 0.6) is 0 Å². The van der Waals surface area contributed by atoms with Crippen LogP contribution in [-0.2, 0) is 19.3 Å². The smallest absolute Gasteiger partial charge is 0.225 e. The van der Waals surface area contributed by atoms with Crippen LogP contribution >= 0.6 is 23.8 Å². The molecule has 0 saturated heterocycles. The molecule has 1 saturated carbocycles. The van der Waals surface area contributed by atoms with Gasteiger partial charge in [-0.05, 0) is 87.7 Å². The normalized spacial score (nSPS) is 20.0. The van der Waals surface area contributed by atoms with Gasteiger partial charge >= 0.3 is 0 Å². The molecule has 1 fully saturated rings. The third-order valence-electron chi connectivity index (χ3n) is 6.59. The first kappa shape index (κ1) is 24.0. The van der Waals surface area contributed by atoms with Crippen molar-refractivity contribution in [2.75, 3.05) is 30.9 Å². The average Bonchev–Trinajstić information content (AvgIpc) is 2.81. The van der Waals surface area contributed by atoms with Crippen molar-refractivity contribution in [3.63, 3.8) is 0 Å². The Balaban J connectivity index is 1.22. The van der Waals surface area contributed by atoms with E-state index in [1.807, 2.05) is 12.1 Å². The lowest BCUT2D eigenvalue weighted by Gasteiger charge is -2.31. The van der Waals surface area contributed by atoms with Crippen molar-refractivity contribution in [1.82, 2.24) is 20.6 Å². The van der Waals surface area contributed by atoms with E-state index in [4.69, 9.17) is 33.8 Å². The number of hydrogen-bond donors (Lipinski definition) is 3. The second kappa shape index (κ2) is 11.3. The first-order chi connectivity index (χ1) is 16.0. The minimum atomic E-state index is 0.408. The molecule has 4 rings (SSSR count). The Morgan fingerprint density at radius 1 is 1.03 bits per heavy atom. The molecule has 1 aromatic carbocycles. The summed E-state index contributed by atoms with van der Waals surface area (Å²) >= 11 is 11.5. The van der Waals surface area contributed by atoms with Gasteiger partial charge in [-0.3, -0.25) is 0 Å². The number of hydrogen-bond acceptors (Lipinski definition) is 5. The Labute approximate surface area is 207 Å². The summed E-state index contributed by atoms with van der Waals surface area (Å²) in [7, 11) is 4.15. The second-order valence-corrected chi connectivity index (χ2v) is 10.2. The fraction of sp³-hybridized carbons (Fsp3) is 0.560. The van der Waals surface area contributed by atoms with E-state index in [0.717, 1.165) is 73.4 Å². The van der Waals surface area contributed by atoms with Crippen molar-refractivity contribution < 1.29 is 0 Å². The maximum atomic E-state index is 5.95. The zero-order valence-corrected chi connectivity index (χ0v) is 21.2. The number of aromatic nitrogens is 2. The third kappa shape index (κ3) is 6.70. The first-order valence-electron chi connectivity index (χ1n) is 12.1. The number of benzene rings is 1. The molecule has 2 aliphatic carbocycles. The van der Waals surface area contributed by atoms with Gasteiger partial charge in [0.2, 0.25) is 5.95 Å². The number of rotatable bonds is 7. The van der Waals surface area contributed by atoms with Crippen LogP contribution in [0.1, 0.15) is 55.3 Å². The number of fused-ring (bicyclic) bond motifs is 1. The van der Waals surface area contributed by atoms with Gasteiger partial charge in [0.25, 0.3) is 0 Å². The quantitative estimate of drug-likeness (QED) is 0.498. The average molecular weight is 487 g/mol. The molecule has 0 radical (unpaired) electrons. The van der Waals surface area contributed by atoms with Crippen LogP contribution in [0.15, 0.2) is 24.3 Å². The van der Waals surface area contributed by atoms with E-state index in [2.05, 4.69) is 47.1 Å². The highest BCUT2D eigenvalue weighted by Gasteiger charge is 2.24. The summed E-state index contributed by atoms with van der Waals surface area (Å²) in [5.74, 6) is 1.86. The molecule has 0 atom stereocenters. The second-order valence-electron chi connectivity index (χ2n) is 9.37. The van der Waals surface area contributed by atoms with Crippen LogP contribution in [0.4, 0.5) is 11.8 Å². The van der Waals surface area contributed by atoms with Gasteiger partial charge in [0.15, 0.2) is 5.11 Å². The van der Waals surface area contributed by atoms with E-state index in [-0.39, 0.29) is 0 Å². The molecule has 3 N–H and O–H groups in total. The Hall–Kier alpha value is -2.12. The molecule has 2 aliphatic rings. The highest BCUT2D eigenvalue weighted by atomic mass is 35.5. The summed E-state index contributed by atoms with van der Waals surface area (Å²) in [5, 5.41) is 12.0. The van der Waals surface area contributed by atoms with Gasteiger partial charge in [0.05, 0.1) is 5.69 Å². The monoisotopic (exact) mass is 486 g/mol. The van der Waals surface area contributed by atoms with Crippen molar-refractivity contribution in [2.24, 2.45) is 0 Å². The third-order valence-corrected chi connectivity index (χ3v) is 7.11. The highest BCUT2D eigenvalue weighted by molar-refractivity contribution is 7.80. The summed E-state index contributed by atoms with van der Waals surface area (Å²) in [6.07, 6.45) is 9.88. The van der Waals surface area contributed by atoms with E-state index in [9.17, 15) is 0 Å². The Morgan fingerprint density at radius 2 is 1.73 bits per heavy atom. The molecular formula is C25H35ClN6S. The van der Waals surface area contributed by atoms with E-state index in [0.29, 0.717) is 12.1 Å². The topological polar surface area (TPSA) is 65.1 Å². The zero-order chi connectivity index (χ0) is 23.2. The molecule has 0 aliphatic heterocycles. The Morgan fingerprint density at radius 3 is 2.45 bits per heavy atom. The molecule has 0 amide bonds. The summed E-state index contributed by atoms with van der Waals surface area (Å²) < 4.78 is 0. The maximum Gasteiger partial charge on any atom is 0.225 e. The van der Waals surface area contributed by atoms with Crippen molar-refractivity contribution >= 4 is 40.7 Å². The van der Waals surface area contributed by atoms with Crippen LogP contribution in [0, 0.1) is 0 Å². The van der Waals surface area contributed by atoms with Crippen LogP contribution in [0.25, 0.3) is 0 Å². The largest absolute Gasteiger partial charge is 0.362 e. The molecule has 0 bridgehead atoms. The maximum absolute atomic E-state index is 5.95. The summed E-state index contributed by atoms with van der Waals surface area (Å²) in [6.45, 7) is 0.814. The molecule has 1 aromatic heterocycles. The molecule has 0 unspecified atom stereocenters. The van der Waals surface area contributed by atoms with Gasteiger partial charge in [-0.25, -0.2) is 4.98 Å². The van der Waals surface area contributed by atoms with Crippen molar-refractivity contribution in [3.05, 3.63) is 46.1 Å². The van der Waals surface area contributed by atoms with Crippen LogP contribution in [0.2, 0.25) is 5.02 Å². The number of anilines is 2. The summed E-state index contributed by atoms with van der Waals surface area (Å²) in [6, 6.07) is 8.80. The van der Waals surface area contributed by atoms with Crippen LogP contribution in [0.3, 0.4) is 0 Å². The van der Waals surface area contributed by atoms with E-state index >= 15 is 0 Å². The van der Waals surface area contributed by atoms with Gasteiger partial charge < -0.3 is 20.9 Å². The lowest BCUT2D eigenvalue weighted by molar-refractivity contribution is 0.385. The summed E-state index contributed by atoms with van der Waals surface area (Å²) in [4.78, 5) is 11.9. The number of nitrogens with one attached hydrogen (secondary N) is 3. The van der Waals surface area contributed by atoms with Crippen molar-refractivity contribution in [3.8, 4) is 0 Å². The van der Waals surface area contributed by atoms with Crippen molar-refractivity contribution in [1.29, 1.82) is 0 Å². The van der Waals surface area contributed by atoms with Gasteiger partial charge in [0.1, 0.15) is 5.82 Å². The van der Waals surface area contributed by atoms with Crippen molar-refractivity contribution in [2.45, 2.75) is 69.9 Å². The predicted octanol–water partition coefficient (Wildman–Crippen LogP) is 4.50. The van der Waals surface area contributed by atoms with E-state index in [1.54, 1.807) is 0 Å². The molecule has 33 heavy (non-hydrogen) atoms. The van der Waals surface area contributed by atoms with Crippen LogP contribution in [-0.4, -0.2) is 47.8 Å². The molecule has 6 nitrogen and oxygen atoms in total.